The van der Waals surface area contributed by atoms with Gasteiger partial charge in [0.05, 0.1) is 0 Å². The second-order valence-corrected chi connectivity index (χ2v) is 13.5. The van der Waals surface area contributed by atoms with Gasteiger partial charge in [-0.15, -0.1) is 0 Å². The van der Waals surface area contributed by atoms with Crippen molar-refractivity contribution in [1.29, 1.82) is 0 Å². The standard InChI is InChI=1S/C21H25N2.C15H11.Ru/c1-14-9-16(3)20(17(4)10-14)22-7-8-23(13-22)21-18(5)11-15(2)12-19(21)6;1-2-6-12(7-3-1)15-11-10-13-8-4-5-9-14(13)15;/h7-13H,1-6H3;1-11H;. The summed E-state index contributed by atoms with van der Waals surface area (Å²) in [5, 5.41) is 0. The second-order valence-electron chi connectivity index (χ2n) is 10.9. The molecule has 0 amide bonds. The molecule has 0 radical (unpaired) electrons. The van der Waals surface area contributed by atoms with Crippen molar-refractivity contribution in [3.05, 3.63) is 147 Å². The van der Waals surface area contributed by atoms with Gasteiger partial charge in [-0.3, -0.25) is 0 Å². The number of hydrogen-bond acceptors (Lipinski definition) is 2. The fourth-order valence-corrected chi connectivity index (χ4v) is 9.49. The molecule has 1 aliphatic carbocycles. The Morgan fingerprint density at radius 1 is 0.590 bits per heavy atom. The van der Waals surface area contributed by atoms with Crippen molar-refractivity contribution in [2.75, 3.05) is 9.80 Å². The summed E-state index contributed by atoms with van der Waals surface area (Å²) in [6.07, 6.45) is 7.20. The van der Waals surface area contributed by atoms with Crippen LogP contribution in [0.5, 0.6) is 0 Å². The molecule has 1 atom stereocenters. The minimum atomic E-state index is -0.129. The van der Waals surface area contributed by atoms with Gasteiger partial charge in [0.2, 0.25) is 0 Å². The van der Waals surface area contributed by atoms with Gasteiger partial charge < -0.3 is 0 Å². The second kappa shape index (κ2) is 10.3. The van der Waals surface area contributed by atoms with Crippen LogP contribution in [0.2, 0.25) is 0 Å². The third-order valence-corrected chi connectivity index (χ3v) is 10.7. The van der Waals surface area contributed by atoms with Crippen molar-refractivity contribution in [2.24, 2.45) is 0 Å². The van der Waals surface area contributed by atoms with E-state index in [1.807, 2.05) is 0 Å². The van der Waals surface area contributed by atoms with Crippen molar-refractivity contribution >= 4 is 16.9 Å². The van der Waals surface area contributed by atoms with Crippen LogP contribution < -0.4 is 9.80 Å². The molecule has 0 fully saturated rings. The molecule has 0 saturated carbocycles. The third kappa shape index (κ3) is 4.68. The number of aryl methyl sites for hydroxylation is 6. The Kier molecular flexibility index (Phi) is 6.81. The van der Waals surface area contributed by atoms with Crippen LogP contribution in [0, 0.1) is 41.5 Å². The van der Waals surface area contributed by atoms with E-state index in [0.29, 0.717) is 4.51 Å². The summed E-state index contributed by atoms with van der Waals surface area (Å²) in [6.45, 7) is 13.4. The molecule has 4 aromatic carbocycles. The number of fused-ring (bicyclic) bond motifs is 1. The number of hydrogen-bond donors (Lipinski definition) is 0. The molecule has 0 bridgehead atoms. The van der Waals surface area contributed by atoms with E-state index < -0.39 is 0 Å². The maximum atomic E-state index is 2.57. The summed E-state index contributed by atoms with van der Waals surface area (Å²) in [7, 11) is 0. The first-order chi connectivity index (χ1) is 18.8. The topological polar surface area (TPSA) is 6.48 Å². The van der Waals surface area contributed by atoms with Gasteiger partial charge in [-0.1, -0.05) is 0 Å². The number of nitrogens with zero attached hydrogens (tertiary/aromatic N) is 2. The average molecular weight is 598 g/mol. The predicted molar refractivity (Wildman–Crippen MR) is 162 cm³/mol. The zero-order valence-corrected chi connectivity index (χ0v) is 25.4. The quantitative estimate of drug-likeness (QED) is 0.212. The van der Waals surface area contributed by atoms with E-state index in [9.17, 15) is 0 Å². The Morgan fingerprint density at radius 3 is 1.62 bits per heavy atom. The molecule has 3 heteroatoms. The molecule has 1 unspecified atom stereocenters. The molecule has 0 N–H and O–H groups in total. The van der Waals surface area contributed by atoms with Gasteiger partial charge in [0.25, 0.3) is 0 Å². The summed E-state index contributed by atoms with van der Waals surface area (Å²) in [4.78, 5) is 5.14. The molecule has 0 aromatic heterocycles. The molecule has 4 aromatic rings. The third-order valence-electron chi connectivity index (χ3n) is 7.79. The predicted octanol–water partition coefficient (Wildman–Crippen LogP) is 8.89. The van der Waals surface area contributed by atoms with Gasteiger partial charge in [-0.25, -0.2) is 0 Å². The fourth-order valence-electron chi connectivity index (χ4n) is 6.42. The Balaban J connectivity index is 1.47. The minimum absolute atomic E-state index is 0.129. The van der Waals surface area contributed by atoms with Gasteiger partial charge in [-0.2, -0.15) is 0 Å². The Bertz CT molecular complexity index is 1500. The molecule has 6 rings (SSSR count). The molecule has 2 aliphatic rings. The van der Waals surface area contributed by atoms with Gasteiger partial charge in [0, 0.05) is 0 Å². The van der Waals surface area contributed by atoms with Crippen LogP contribution in [0.4, 0.5) is 11.4 Å². The van der Waals surface area contributed by atoms with Crippen LogP contribution in [0.3, 0.4) is 0 Å². The molecule has 2 nitrogen and oxygen atoms in total. The Morgan fingerprint density at radius 2 is 1.08 bits per heavy atom. The molecule has 0 saturated heterocycles. The van der Waals surface area contributed by atoms with E-state index in [1.165, 1.54) is 67.0 Å². The summed E-state index contributed by atoms with van der Waals surface area (Å²) in [5.74, 6) is 0. The summed E-state index contributed by atoms with van der Waals surface area (Å²) >= 11 is -0.129. The summed E-state index contributed by atoms with van der Waals surface area (Å²) < 4.78 is 0.664. The first-order valence-corrected chi connectivity index (χ1v) is 15.7. The Labute approximate surface area is 241 Å². The van der Waals surface area contributed by atoms with E-state index in [-0.39, 0.29) is 21.9 Å². The van der Waals surface area contributed by atoms with Gasteiger partial charge in [0.1, 0.15) is 0 Å². The SMILES string of the molecule is Cc1cc(C)c(N2C=CN(c3c(C)cc(C)cc3C)[CH]2[Ru][CH]2C=C(c3ccccc3)c3ccccc32)c(C)c1. The zero-order chi connectivity index (χ0) is 27.3. The van der Waals surface area contributed by atoms with Crippen LogP contribution in [-0.2, 0) is 17.1 Å². The van der Waals surface area contributed by atoms with E-state index in [0.717, 1.165) is 0 Å². The first kappa shape index (κ1) is 25.8. The molecule has 39 heavy (non-hydrogen) atoms. The van der Waals surface area contributed by atoms with Crippen molar-refractivity contribution in [2.45, 2.75) is 50.8 Å². The average Bonchev–Trinajstić information content (AvgIpc) is 3.46. The van der Waals surface area contributed by atoms with Gasteiger partial charge >= 0.3 is 242 Å². The van der Waals surface area contributed by atoms with E-state index in [2.05, 4.69) is 149 Å². The van der Waals surface area contributed by atoms with Crippen molar-refractivity contribution in [3.63, 3.8) is 0 Å². The molecular weight excluding hydrogens is 561 g/mol. The number of rotatable bonds is 5. The fraction of sp³-hybridized carbons (Fsp3) is 0.222. The Hall–Kier alpha value is -3.42. The number of allylic oxidation sites excluding steroid dienone is 1. The van der Waals surface area contributed by atoms with E-state index in [1.54, 1.807) is 0 Å². The van der Waals surface area contributed by atoms with Crippen LogP contribution in [0.1, 0.15) is 54.6 Å². The molecule has 198 valence electrons. The zero-order valence-electron chi connectivity index (χ0n) is 23.6. The van der Waals surface area contributed by atoms with Crippen LogP contribution >= 0.6 is 0 Å². The van der Waals surface area contributed by atoms with E-state index in [4.69, 9.17) is 0 Å². The van der Waals surface area contributed by atoms with Gasteiger partial charge in [-0.05, 0) is 0 Å². The van der Waals surface area contributed by atoms with Crippen LogP contribution in [-0.4, -0.2) is 4.76 Å². The molecular formula is C36H36N2Ru. The van der Waals surface area contributed by atoms with Crippen molar-refractivity contribution in [3.8, 4) is 0 Å². The summed E-state index contributed by atoms with van der Waals surface area (Å²) in [5.41, 5.74) is 16.2. The van der Waals surface area contributed by atoms with Crippen LogP contribution in [0.15, 0.2) is 97.3 Å². The molecule has 0 spiro atoms. The van der Waals surface area contributed by atoms with Crippen LogP contribution in [0.25, 0.3) is 5.57 Å². The summed E-state index contributed by atoms with van der Waals surface area (Å²) in [6, 6.07) is 29.2. The molecule has 1 aliphatic heterocycles. The maximum absolute atomic E-state index is 2.57. The monoisotopic (exact) mass is 598 g/mol. The number of anilines is 2. The number of benzene rings is 4. The van der Waals surface area contributed by atoms with Gasteiger partial charge in [0.15, 0.2) is 0 Å². The normalized spacial score (nSPS) is 16.8. The molecule has 1 heterocycles. The first-order valence-electron chi connectivity index (χ1n) is 13.7. The van der Waals surface area contributed by atoms with E-state index >= 15 is 0 Å². The van der Waals surface area contributed by atoms with Crippen molar-refractivity contribution < 1.29 is 17.1 Å². The van der Waals surface area contributed by atoms with Crippen molar-refractivity contribution in [1.82, 2.24) is 0 Å².